The van der Waals surface area contributed by atoms with Crippen molar-refractivity contribution < 1.29 is 24.2 Å². The fraction of sp³-hybridized carbons (Fsp3) is 0.204. The van der Waals surface area contributed by atoms with Gasteiger partial charge in [0.2, 0.25) is 5.91 Å². The first-order valence-electron chi connectivity index (χ1n) is 20.1. The number of benzene rings is 6. The number of likely N-dealkylation sites (tertiary alicyclic amines) is 1. The number of ketones is 1. The van der Waals surface area contributed by atoms with E-state index < -0.39 is 6.09 Å². The second kappa shape index (κ2) is 20.2. The van der Waals surface area contributed by atoms with E-state index in [2.05, 4.69) is 68.6 Å². The number of nitrogens with one attached hydrogen (secondary N) is 4. The van der Waals surface area contributed by atoms with E-state index in [0.717, 1.165) is 58.6 Å². The number of rotatable bonds is 16. The van der Waals surface area contributed by atoms with Gasteiger partial charge in [-0.05, 0) is 76.6 Å². The van der Waals surface area contributed by atoms with Gasteiger partial charge in [0.15, 0.2) is 5.78 Å². The van der Waals surface area contributed by atoms with Crippen LogP contribution in [-0.2, 0) is 16.1 Å². The molecular weight excluding hydrogens is 739 g/mol. The van der Waals surface area contributed by atoms with Crippen LogP contribution in [0.2, 0.25) is 0 Å². The predicted octanol–water partition coefficient (Wildman–Crippen LogP) is 8.61. The summed E-state index contributed by atoms with van der Waals surface area (Å²) in [6.07, 6.45) is 0.745. The predicted molar refractivity (Wildman–Crippen MR) is 234 cm³/mol. The molecule has 0 spiro atoms. The molecular formula is C49H49N5O5. The molecule has 1 aliphatic heterocycles. The van der Waals surface area contributed by atoms with E-state index in [1.807, 2.05) is 60.7 Å². The molecule has 300 valence electrons. The third kappa shape index (κ3) is 11.3. The topological polar surface area (TPSA) is 132 Å². The molecule has 2 amide bonds. The monoisotopic (exact) mass is 787 g/mol. The van der Waals surface area contributed by atoms with Crippen LogP contribution in [0, 0.1) is 0 Å². The molecule has 59 heavy (non-hydrogen) atoms. The lowest BCUT2D eigenvalue weighted by atomic mass is 9.88. The van der Waals surface area contributed by atoms with Crippen molar-refractivity contribution >= 4 is 29.2 Å². The number of phenols is 1. The van der Waals surface area contributed by atoms with Crippen molar-refractivity contribution in [2.24, 2.45) is 0 Å². The van der Waals surface area contributed by atoms with Crippen LogP contribution in [0.3, 0.4) is 0 Å². The summed E-state index contributed by atoms with van der Waals surface area (Å²) in [7, 11) is 0. The normalized spacial score (nSPS) is 13.1. The zero-order chi connectivity index (χ0) is 40.8. The average Bonchev–Trinajstić information content (AvgIpc) is 3.27. The molecule has 1 fully saturated rings. The van der Waals surface area contributed by atoms with Gasteiger partial charge in [-0.15, -0.1) is 0 Å². The maximum atomic E-state index is 13.5. The quantitative estimate of drug-likeness (QED) is 0.0487. The molecule has 1 heterocycles. The van der Waals surface area contributed by atoms with Crippen molar-refractivity contribution in [1.82, 2.24) is 15.5 Å². The van der Waals surface area contributed by atoms with Crippen molar-refractivity contribution in [3.8, 4) is 39.1 Å². The second-order valence-corrected chi connectivity index (χ2v) is 14.6. The minimum Gasteiger partial charge on any atom is -0.508 e. The zero-order valence-corrected chi connectivity index (χ0v) is 32.9. The third-order valence-electron chi connectivity index (χ3n) is 10.4. The summed E-state index contributed by atoms with van der Waals surface area (Å²) in [5, 5.41) is 21.7. The van der Waals surface area contributed by atoms with E-state index in [9.17, 15) is 19.5 Å². The van der Waals surface area contributed by atoms with Crippen LogP contribution < -0.4 is 21.3 Å². The molecule has 0 aliphatic carbocycles. The third-order valence-corrected chi connectivity index (χ3v) is 10.4. The Labute approximate surface area is 345 Å². The number of hydrogen-bond donors (Lipinski definition) is 5. The van der Waals surface area contributed by atoms with Crippen LogP contribution in [0.1, 0.15) is 28.8 Å². The average molecular weight is 788 g/mol. The molecule has 0 bridgehead atoms. The van der Waals surface area contributed by atoms with Crippen LogP contribution in [-0.4, -0.2) is 73.2 Å². The van der Waals surface area contributed by atoms with Gasteiger partial charge in [-0.1, -0.05) is 121 Å². The van der Waals surface area contributed by atoms with Gasteiger partial charge < -0.3 is 30.7 Å². The van der Waals surface area contributed by atoms with Crippen molar-refractivity contribution in [2.75, 3.05) is 49.9 Å². The van der Waals surface area contributed by atoms with Crippen LogP contribution >= 0.6 is 0 Å². The number of amides is 2. The summed E-state index contributed by atoms with van der Waals surface area (Å²) in [6.45, 7) is 3.71. The highest BCUT2D eigenvalue weighted by atomic mass is 16.6. The number of phenolic OH excluding ortho intramolecular Hbond substituents is 1. The SMILES string of the molecule is O=C(CNCc1ccc(O)cc1)Nc1cccc(C(=O)CNCCN2CCC(OC(=O)Nc3cccc(-c4ccccc4)c3-c3ccccc3-c3ccccc3)CC2)c1. The number of anilines is 2. The van der Waals surface area contributed by atoms with Gasteiger partial charge in [0, 0.05) is 49.5 Å². The molecule has 1 saturated heterocycles. The van der Waals surface area contributed by atoms with E-state index in [1.54, 1.807) is 48.5 Å². The highest BCUT2D eigenvalue weighted by Gasteiger charge is 2.24. The molecule has 6 aromatic rings. The van der Waals surface area contributed by atoms with E-state index in [0.29, 0.717) is 42.9 Å². The smallest absolute Gasteiger partial charge is 0.411 e. The molecule has 0 saturated carbocycles. The number of nitrogens with zero attached hydrogens (tertiary/aromatic N) is 1. The van der Waals surface area contributed by atoms with Crippen molar-refractivity contribution in [2.45, 2.75) is 25.5 Å². The second-order valence-electron chi connectivity index (χ2n) is 14.6. The first kappa shape index (κ1) is 40.6. The number of Topliss-reactive ketones (excluding diaryl/α,β-unsaturated/α-hetero) is 1. The van der Waals surface area contributed by atoms with E-state index in [1.165, 1.54) is 0 Å². The maximum Gasteiger partial charge on any atom is 0.411 e. The van der Waals surface area contributed by atoms with E-state index in [-0.39, 0.29) is 36.6 Å². The van der Waals surface area contributed by atoms with Crippen molar-refractivity contribution in [3.05, 3.63) is 163 Å². The summed E-state index contributed by atoms with van der Waals surface area (Å²) in [5.41, 5.74) is 8.89. The summed E-state index contributed by atoms with van der Waals surface area (Å²) in [4.78, 5) is 41.2. The van der Waals surface area contributed by atoms with E-state index >= 15 is 0 Å². The van der Waals surface area contributed by atoms with Crippen LogP contribution in [0.5, 0.6) is 5.75 Å². The Morgan fingerprint density at radius 3 is 2.02 bits per heavy atom. The Bertz CT molecular complexity index is 2330. The maximum absolute atomic E-state index is 13.5. The summed E-state index contributed by atoms with van der Waals surface area (Å²) < 4.78 is 6.00. The number of piperidine rings is 1. The van der Waals surface area contributed by atoms with Gasteiger partial charge in [0.05, 0.1) is 18.8 Å². The first-order valence-corrected chi connectivity index (χ1v) is 20.1. The minimum absolute atomic E-state index is 0.0642. The van der Waals surface area contributed by atoms with Gasteiger partial charge in [-0.25, -0.2) is 4.79 Å². The van der Waals surface area contributed by atoms with Crippen molar-refractivity contribution in [3.63, 3.8) is 0 Å². The van der Waals surface area contributed by atoms with Crippen LogP contribution in [0.4, 0.5) is 16.2 Å². The Balaban J connectivity index is 0.869. The van der Waals surface area contributed by atoms with Gasteiger partial charge >= 0.3 is 6.09 Å². The standard InChI is InChI=1S/C49H49N5O5/c55-40-23-21-35(22-24-40)32-51-34-47(57)52-39-16-9-15-38(31-39)46(56)33-50-27-30-54-28-25-41(26-29-54)59-49(58)53-45-20-10-19-43(37-13-5-2-6-14-37)48(45)44-18-8-7-17-42(44)36-11-3-1-4-12-36/h1-24,31,41,50-51,55H,25-30,32-34H2,(H,52,57)(H,53,58). The number of ether oxygens (including phenoxy) is 1. The fourth-order valence-corrected chi connectivity index (χ4v) is 7.37. The van der Waals surface area contributed by atoms with Gasteiger partial charge in [-0.2, -0.15) is 0 Å². The lowest BCUT2D eigenvalue weighted by Gasteiger charge is -2.31. The fourth-order valence-electron chi connectivity index (χ4n) is 7.37. The summed E-state index contributed by atoms with van der Waals surface area (Å²) in [6, 6.07) is 48.5. The molecule has 7 rings (SSSR count). The Kier molecular flexibility index (Phi) is 13.9. The highest BCUT2D eigenvalue weighted by Crippen LogP contribution is 2.42. The molecule has 10 heteroatoms. The molecule has 0 atom stereocenters. The highest BCUT2D eigenvalue weighted by molar-refractivity contribution is 6.02. The first-order chi connectivity index (χ1) is 28.9. The lowest BCUT2D eigenvalue weighted by Crippen LogP contribution is -2.42. The molecule has 5 N–H and O–H groups in total. The Morgan fingerprint density at radius 1 is 0.644 bits per heavy atom. The van der Waals surface area contributed by atoms with Gasteiger partial charge in [-0.3, -0.25) is 14.9 Å². The largest absolute Gasteiger partial charge is 0.508 e. The summed E-state index contributed by atoms with van der Waals surface area (Å²) in [5.74, 6) is -0.0869. The van der Waals surface area contributed by atoms with Crippen LogP contribution in [0.25, 0.3) is 33.4 Å². The lowest BCUT2D eigenvalue weighted by molar-refractivity contribution is -0.115. The molecule has 0 unspecified atom stereocenters. The van der Waals surface area contributed by atoms with E-state index in [4.69, 9.17) is 4.74 Å². The van der Waals surface area contributed by atoms with Crippen LogP contribution in [0.15, 0.2) is 152 Å². The number of hydrogen-bond acceptors (Lipinski definition) is 8. The number of carbonyl (C=O) groups excluding carboxylic acids is 3. The molecule has 0 radical (unpaired) electrons. The van der Waals surface area contributed by atoms with Gasteiger partial charge in [0.1, 0.15) is 11.9 Å². The minimum atomic E-state index is -0.474. The molecule has 1 aliphatic rings. The zero-order valence-electron chi connectivity index (χ0n) is 32.9. The van der Waals surface area contributed by atoms with Gasteiger partial charge in [0.25, 0.3) is 0 Å². The Hall–Kier alpha value is -6.59. The number of aromatic hydroxyl groups is 1. The molecule has 6 aromatic carbocycles. The van der Waals surface area contributed by atoms with Crippen molar-refractivity contribution in [1.29, 1.82) is 0 Å². The molecule has 10 nitrogen and oxygen atoms in total. The number of carbonyl (C=O) groups is 3. The molecule has 0 aromatic heterocycles. The Morgan fingerprint density at radius 2 is 1.29 bits per heavy atom. The summed E-state index contributed by atoms with van der Waals surface area (Å²) >= 11 is 0.